The first-order valence-electron chi connectivity index (χ1n) is 7.99. The van der Waals surface area contributed by atoms with E-state index in [1.807, 2.05) is 61.3 Å². The van der Waals surface area contributed by atoms with E-state index in [9.17, 15) is 4.79 Å². The average molecular weight is 326 g/mol. The minimum absolute atomic E-state index is 0.0128. The fraction of sp³-hybridized carbons (Fsp3) is 0.316. The summed E-state index contributed by atoms with van der Waals surface area (Å²) in [7, 11) is 1.93. The molecule has 2 aromatic carbocycles. The summed E-state index contributed by atoms with van der Waals surface area (Å²) < 4.78 is 10.7. The van der Waals surface area contributed by atoms with Crippen LogP contribution in [0.5, 0.6) is 11.5 Å². The third kappa shape index (κ3) is 4.26. The van der Waals surface area contributed by atoms with E-state index >= 15 is 0 Å². The van der Waals surface area contributed by atoms with Gasteiger partial charge in [0.1, 0.15) is 0 Å². The normalized spacial score (nSPS) is 12.5. The third-order valence-electron chi connectivity index (χ3n) is 3.91. The van der Waals surface area contributed by atoms with Gasteiger partial charge in [-0.1, -0.05) is 35.9 Å². The van der Waals surface area contributed by atoms with E-state index in [1.165, 1.54) is 5.56 Å². The second kappa shape index (κ2) is 7.36. The average Bonchev–Trinajstić information content (AvgIpc) is 3.02. The number of nitrogens with one attached hydrogen (secondary N) is 1. The number of amides is 1. The standard InChI is InChI=1S/C19H22N2O3/c1-14-3-5-15(6-4-14)10-20-19(22)12-21(2)11-16-7-8-17-18(9-16)24-13-23-17/h3-9H,10-13H2,1-2H3,(H,20,22). The van der Waals surface area contributed by atoms with Crippen molar-refractivity contribution in [1.82, 2.24) is 10.2 Å². The quantitative estimate of drug-likeness (QED) is 0.886. The predicted molar refractivity (Wildman–Crippen MR) is 91.9 cm³/mol. The molecule has 126 valence electrons. The molecule has 0 radical (unpaired) electrons. The number of likely N-dealkylation sites (N-methyl/N-ethyl adjacent to an activating group) is 1. The molecule has 2 aromatic rings. The number of hydrogen-bond donors (Lipinski definition) is 1. The maximum absolute atomic E-state index is 12.1. The van der Waals surface area contributed by atoms with Crippen molar-refractivity contribution in [1.29, 1.82) is 0 Å². The van der Waals surface area contributed by atoms with Crippen LogP contribution in [0.4, 0.5) is 0 Å². The lowest BCUT2D eigenvalue weighted by molar-refractivity contribution is -0.122. The van der Waals surface area contributed by atoms with Gasteiger partial charge in [-0.15, -0.1) is 0 Å². The number of nitrogens with zero attached hydrogens (tertiary/aromatic N) is 1. The fourth-order valence-electron chi connectivity index (χ4n) is 2.61. The zero-order chi connectivity index (χ0) is 16.9. The molecule has 0 aliphatic carbocycles. The molecule has 0 spiro atoms. The number of hydrogen-bond acceptors (Lipinski definition) is 4. The van der Waals surface area contributed by atoms with E-state index < -0.39 is 0 Å². The van der Waals surface area contributed by atoms with Gasteiger partial charge in [-0.2, -0.15) is 0 Å². The fourth-order valence-corrected chi connectivity index (χ4v) is 2.61. The zero-order valence-corrected chi connectivity index (χ0v) is 14.0. The molecule has 3 rings (SSSR count). The van der Waals surface area contributed by atoms with Gasteiger partial charge in [-0.25, -0.2) is 0 Å². The van der Waals surface area contributed by atoms with Crippen LogP contribution in [0.15, 0.2) is 42.5 Å². The molecule has 0 saturated carbocycles. The molecule has 0 fully saturated rings. The number of carbonyl (C=O) groups is 1. The third-order valence-corrected chi connectivity index (χ3v) is 3.91. The maximum atomic E-state index is 12.1. The van der Waals surface area contributed by atoms with E-state index in [0.29, 0.717) is 19.6 Å². The number of fused-ring (bicyclic) bond motifs is 1. The van der Waals surface area contributed by atoms with E-state index in [-0.39, 0.29) is 12.7 Å². The molecule has 24 heavy (non-hydrogen) atoms. The van der Waals surface area contributed by atoms with Gasteiger partial charge < -0.3 is 14.8 Å². The Hall–Kier alpha value is -2.53. The summed E-state index contributed by atoms with van der Waals surface area (Å²) in [5, 5.41) is 2.95. The summed E-state index contributed by atoms with van der Waals surface area (Å²) in [6.45, 7) is 3.90. The van der Waals surface area contributed by atoms with Crippen LogP contribution >= 0.6 is 0 Å². The Labute approximate surface area is 142 Å². The van der Waals surface area contributed by atoms with E-state index in [1.54, 1.807) is 0 Å². The SMILES string of the molecule is Cc1ccc(CNC(=O)CN(C)Cc2ccc3c(c2)OCO3)cc1. The van der Waals surface area contributed by atoms with Crippen molar-refractivity contribution in [2.24, 2.45) is 0 Å². The number of aryl methyl sites for hydroxylation is 1. The van der Waals surface area contributed by atoms with Crippen LogP contribution < -0.4 is 14.8 Å². The van der Waals surface area contributed by atoms with Crippen molar-refractivity contribution < 1.29 is 14.3 Å². The first-order valence-corrected chi connectivity index (χ1v) is 7.99. The highest BCUT2D eigenvalue weighted by Gasteiger charge is 2.14. The van der Waals surface area contributed by atoms with Crippen molar-refractivity contribution in [2.75, 3.05) is 20.4 Å². The summed E-state index contributed by atoms with van der Waals surface area (Å²) in [6, 6.07) is 14.0. The van der Waals surface area contributed by atoms with Gasteiger partial charge in [0.05, 0.1) is 6.54 Å². The largest absolute Gasteiger partial charge is 0.454 e. The maximum Gasteiger partial charge on any atom is 0.234 e. The van der Waals surface area contributed by atoms with Crippen LogP contribution in [0.1, 0.15) is 16.7 Å². The number of carbonyl (C=O) groups excluding carboxylic acids is 1. The second-order valence-corrected chi connectivity index (χ2v) is 6.12. The first-order chi connectivity index (χ1) is 11.6. The Morgan fingerprint density at radius 2 is 1.79 bits per heavy atom. The van der Waals surface area contributed by atoms with E-state index in [2.05, 4.69) is 5.32 Å². The molecule has 5 heteroatoms. The highest BCUT2D eigenvalue weighted by molar-refractivity contribution is 5.77. The minimum atomic E-state index is 0.0128. The Bertz CT molecular complexity index is 713. The summed E-state index contributed by atoms with van der Waals surface area (Å²) in [4.78, 5) is 14.0. The lowest BCUT2D eigenvalue weighted by Gasteiger charge is -2.16. The molecule has 0 saturated heterocycles. The monoisotopic (exact) mass is 326 g/mol. The van der Waals surface area contributed by atoms with Gasteiger partial charge in [0, 0.05) is 13.1 Å². The number of ether oxygens (including phenoxy) is 2. The zero-order valence-electron chi connectivity index (χ0n) is 14.0. The highest BCUT2D eigenvalue weighted by atomic mass is 16.7. The van der Waals surface area contributed by atoms with Crippen LogP contribution in [0.25, 0.3) is 0 Å². The lowest BCUT2D eigenvalue weighted by atomic mass is 10.1. The second-order valence-electron chi connectivity index (χ2n) is 6.12. The summed E-state index contributed by atoms with van der Waals surface area (Å²) in [5.74, 6) is 1.56. The van der Waals surface area contributed by atoms with Crippen molar-refractivity contribution in [3.63, 3.8) is 0 Å². The van der Waals surface area contributed by atoms with Crippen molar-refractivity contribution in [2.45, 2.75) is 20.0 Å². The van der Waals surface area contributed by atoms with Crippen LogP contribution in [0.2, 0.25) is 0 Å². The molecular formula is C19H22N2O3. The summed E-state index contributed by atoms with van der Waals surface area (Å²) in [6.07, 6.45) is 0. The van der Waals surface area contributed by atoms with E-state index in [0.717, 1.165) is 22.6 Å². The molecule has 1 aliphatic rings. The molecule has 1 heterocycles. The molecule has 0 bridgehead atoms. The van der Waals surface area contributed by atoms with Gasteiger partial charge in [-0.05, 0) is 37.2 Å². The topological polar surface area (TPSA) is 50.8 Å². The molecule has 0 aromatic heterocycles. The molecule has 1 N–H and O–H groups in total. The van der Waals surface area contributed by atoms with Crippen LogP contribution in [-0.4, -0.2) is 31.2 Å². The van der Waals surface area contributed by atoms with Crippen molar-refractivity contribution in [3.8, 4) is 11.5 Å². The Kier molecular flexibility index (Phi) is 5.01. The Balaban J connectivity index is 1.46. The molecule has 0 atom stereocenters. The Morgan fingerprint density at radius 1 is 1.08 bits per heavy atom. The lowest BCUT2D eigenvalue weighted by Crippen LogP contribution is -2.34. The first kappa shape index (κ1) is 16.3. The molecule has 1 aliphatic heterocycles. The molecule has 0 unspecified atom stereocenters. The highest BCUT2D eigenvalue weighted by Crippen LogP contribution is 2.32. The predicted octanol–water partition coefficient (Wildman–Crippen LogP) is 2.47. The number of rotatable bonds is 6. The van der Waals surface area contributed by atoms with Crippen molar-refractivity contribution >= 4 is 5.91 Å². The smallest absolute Gasteiger partial charge is 0.234 e. The number of benzene rings is 2. The molecule has 5 nitrogen and oxygen atoms in total. The van der Waals surface area contributed by atoms with Gasteiger partial charge in [-0.3, -0.25) is 9.69 Å². The van der Waals surface area contributed by atoms with Crippen molar-refractivity contribution in [3.05, 3.63) is 59.2 Å². The summed E-state index contributed by atoms with van der Waals surface area (Å²) >= 11 is 0. The summed E-state index contributed by atoms with van der Waals surface area (Å²) in [5.41, 5.74) is 3.41. The van der Waals surface area contributed by atoms with Gasteiger partial charge >= 0.3 is 0 Å². The van der Waals surface area contributed by atoms with Crippen LogP contribution in [0, 0.1) is 6.92 Å². The van der Waals surface area contributed by atoms with E-state index in [4.69, 9.17) is 9.47 Å². The van der Waals surface area contributed by atoms with Gasteiger partial charge in [0.25, 0.3) is 0 Å². The Morgan fingerprint density at radius 3 is 2.58 bits per heavy atom. The molecule has 1 amide bonds. The molecular weight excluding hydrogens is 304 g/mol. The van der Waals surface area contributed by atoms with Crippen LogP contribution in [0.3, 0.4) is 0 Å². The minimum Gasteiger partial charge on any atom is -0.454 e. The van der Waals surface area contributed by atoms with Gasteiger partial charge in [0.2, 0.25) is 12.7 Å². The van der Waals surface area contributed by atoms with Crippen LogP contribution in [-0.2, 0) is 17.9 Å². The van der Waals surface area contributed by atoms with Gasteiger partial charge in [0.15, 0.2) is 11.5 Å².